The molecule has 0 amide bonds. The van der Waals surface area contributed by atoms with E-state index in [1.54, 1.807) is 12.1 Å². The van der Waals surface area contributed by atoms with Gasteiger partial charge >= 0.3 is 0 Å². The molecular formula is C23H24O3. The van der Waals surface area contributed by atoms with Crippen LogP contribution < -0.4 is 4.74 Å². The van der Waals surface area contributed by atoms with Gasteiger partial charge in [0.1, 0.15) is 17.2 Å². The van der Waals surface area contributed by atoms with E-state index in [1.165, 1.54) is 0 Å². The molecule has 0 aromatic heterocycles. The minimum absolute atomic E-state index is 0.280. The zero-order chi connectivity index (χ0) is 18.4. The Labute approximate surface area is 154 Å². The van der Waals surface area contributed by atoms with Gasteiger partial charge in [0.15, 0.2) is 0 Å². The van der Waals surface area contributed by atoms with Crippen LogP contribution in [0.5, 0.6) is 17.2 Å². The van der Waals surface area contributed by atoms with Crippen molar-refractivity contribution in [3.63, 3.8) is 0 Å². The van der Waals surface area contributed by atoms with Gasteiger partial charge in [-0.25, -0.2) is 0 Å². The third-order valence-corrected chi connectivity index (χ3v) is 4.07. The second-order valence-corrected chi connectivity index (χ2v) is 6.95. The van der Waals surface area contributed by atoms with Crippen LogP contribution >= 0.6 is 0 Å². The largest absolute Gasteiger partial charge is 0.508 e. The Morgan fingerprint density at radius 1 is 0.769 bits per heavy atom. The van der Waals surface area contributed by atoms with Crippen LogP contribution in [0.15, 0.2) is 78.9 Å². The van der Waals surface area contributed by atoms with Gasteiger partial charge in [-0.3, -0.25) is 0 Å². The monoisotopic (exact) mass is 348 g/mol. The van der Waals surface area contributed by atoms with Crippen molar-refractivity contribution in [1.82, 2.24) is 0 Å². The molecule has 0 fully saturated rings. The van der Waals surface area contributed by atoms with E-state index in [2.05, 4.69) is 13.8 Å². The summed E-state index contributed by atoms with van der Waals surface area (Å²) < 4.78 is 12.0. The van der Waals surface area contributed by atoms with Crippen molar-refractivity contribution < 1.29 is 14.6 Å². The Balaban J connectivity index is 1.60. The maximum Gasteiger partial charge on any atom is 0.127 e. The third-order valence-electron chi connectivity index (χ3n) is 4.07. The van der Waals surface area contributed by atoms with E-state index in [4.69, 9.17) is 9.47 Å². The van der Waals surface area contributed by atoms with Gasteiger partial charge in [-0.15, -0.1) is 0 Å². The van der Waals surface area contributed by atoms with Crippen LogP contribution in [0, 0.1) is 0 Å². The predicted molar refractivity (Wildman–Crippen MR) is 104 cm³/mol. The van der Waals surface area contributed by atoms with Crippen LogP contribution in [-0.4, -0.2) is 10.7 Å². The van der Waals surface area contributed by atoms with E-state index in [-0.39, 0.29) is 11.4 Å². The van der Waals surface area contributed by atoms with Crippen molar-refractivity contribution in [2.75, 3.05) is 0 Å². The highest BCUT2D eigenvalue weighted by atomic mass is 16.5. The lowest BCUT2D eigenvalue weighted by Gasteiger charge is -2.25. The molecular weight excluding hydrogens is 324 g/mol. The van der Waals surface area contributed by atoms with Gasteiger partial charge in [0.25, 0.3) is 0 Å². The summed E-state index contributed by atoms with van der Waals surface area (Å²) in [4.78, 5) is 0. The van der Waals surface area contributed by atoms with Gasteiger partial charge < -0.3 is 14.6 Å². The topological polar surface area (TPSA) is 38.7 Å². The number of aromatic hydroxyl groups is 1. The summed E-state index contributed by atoms with van der Waals surface area (Å²) in [7, 11) is 0. The fourth-order valence-corrected chi connectivity index (χ4v) is 2.76. The quantitative estimate of drug-likeness (QED) is 0.593. The van der Waals surface area contributed by atoms with Crippen LogP contribution in [0.2, 0.25) is 0 Å². The highest BCUT2D eigenvalue weighted by Gasteiger charge is 2.19. The standard InChI is InChI=1S/C23H24O3/c1-23(2,16-18-11-13-20(24)14-12-18)25-17-19-7-6-10-22(15-19)26-21-8-4-3-5-9-21/h3-15,24H,16-17H2,1-2H3. The molecule has 0 aliphatic carbocycles. The highest BCUT2D eigenvalue weighted by Crippen LogP contribution is 2.24. The maximum atomic E-state index is 9.40. The van der Waals surface area contributed by atoms with Crippen molar-refractivity contribution in [2.45, 2.75) is 32.5 Å². The van der Waals surface area contributed by atoms with Crippen LogP contribution in [-0.2, 0) is 17.8 Å². The van der Waals surface area contributed by atoms with Gasteiger partial charge in [-0.05, 0) is 61.4 Å². The highest BCUT2D eigenvalue weighted by molar-refractivity contribution is 5.33. The lowest BCUT2D eigenvalue weighted by Crippen LogP contribution is -2.27. The number of phenols is 1. The van der Waals surface area contributed by atoms with Gasteiger partial charge in [0, 0.05) is 6.42 Å². The number of hydrogen-bond donors (Lipinski definition) is 1. The summed E-state index contributed by atoms with van der Waals surface area (Å²) in [5.74, 6) is 1.90. The van der Waals surface area contributed by atoms with Crippen molar-refractivity contribution in [1.29, 1.82) is 0 Å². The second kappa shape index (κ2) is 8.07. The summed E-state index contributed by atoms with van der Waals surface area (Å²) in [6.45, 7) is 4.66. The summed E-state index contributed by atoms with van der Waals surface area (Å²) in [5.41, 5.74) is 1.89. The van der Waals surface area contributed by atoms with Crippen molar-refractivity contribution in [2.24, 2.45) is 0 Å². The average Bonchev–Trinajstić information content (AvgIpc) is 2.63. The average molecular weight is 348 g/mol. The van der Waals surface area contributed by atoms with E-state index >= 15 is 0 Å². The molecule has 3 rings (SSSR count). The molecule has 0 spiro atoms. The molecule has 0 saturated heterocycles. The Hall–Kier alpha value is -2.78. The van der Waals surface area contributed by atoms with E-state index in [0.29, 0.717) is 6.61 Å². The molecule has 3 nitrogen and oxygen atoms in total. The van der Waals surface area contributed by atoms with E-state index < -0.39 is 0 Å². The first-order chi connectivity index (χ1) is 12.5. The van der Waals surface area contributed by atoms with Crippen molar-refractivity contribution >= 4 is 0 Å². The van der Waals surface area contributed by atoms with E-state index in [0.717, 1.165) is 29.0 Å². The lowest BCUT2D eigenvalue weighted by atomic mass is 9.98. The first-order valence-electron chi connectivity index (χ1n) is 8.74. The molecule has 0 atom stereocenters. The number of rotatable bonds is 7. The molecule has 0 radical (unpaired) electrons. The van der Waals surface area contributed by atoms with Crippen LogP contribution in [0.4, 0.5) is 0 Å². The molecule has 0 unspecified atom stereocenters. The lowest BCUT2D eigenvalue weighted by molar-refractivity contribution is -0.0287. The van der Waals surface area contributed by atoms with Crippen LogP contribution in [0.25, 0.3) is 0 Å². The normalized spacial score (nSPS) is 11.3. The summed E-state index contributed by atoms with van der Waals surface area (Å²) in [6.07, 6.45) is 0.771. The summed E-state index contributed by atoms with van der Waals surface area (Å²) >= 11 is 0. The van der Waals surface area contributed by atoms with E-state index in [9.17, 15) is 5.11 Å². The van der Waals surface area contributed by atoms with E-state index in [1.807, 2.05) is 66.7 Å². The molecule has 0 heterocycles. The molecule has 0 aliphatic rings. The fourth-order valence-electron chi connectivity index (χ4n) is 2.76. The molecule has 3 aromatic carbocycles. The molecule has 3 aromatic rings. The first kappa shape index (κ1) is 18.0. The number of phenolic OH excluding ortho intramolecular Hbond substituents is 1. The second-order valence-electron chi connectivity index (χ2n) is 6.95. The molecule has 26 heavy (non-hydrogen) atoms. The molecule has 3 heteroatoms. The van der Waals surface area contributed by atoms with Gasteiger partial charge in [0.2, 0.25) is 0 Å². The third kappa shape index (κ3) is 5.36. The first-order valence-corrected chi connectivity index (χ1v) is 8.74. The molecule has 0 saturated carbocycles. The Bertz CT molecular complexity index is 824. The van der Waals surface area contributed by atoms with Crippen LogP contribution in [0.1, 0.15) is 25.0 Å². The molecule has 134 valence electrons. The minimum atomic E-state index is -0.312. The summed E-state index contributed by atoms with van der Waals surface area (Å²) in [6, 6.07) is 25.0. The van der Waals surface area contributed by atoms with Crippen molar-refractivity contribution in [3.05, 3.63) is 90.0 Å². The maximum absolute atomic E-state index is 9.40. The summed E-state index contributed by atoms with van der Waals surface area (Å²) in [5, 5.41) is 9.40. The van der Waals surface area contributed by atoms with Gasteiger partial charge in [-0.1, -0.05) is 42.5 Å². The smallest absolute Gasteiger partial charge is 0.127 e. The number of para-hydroxylation sites is 1. The predicted octanol–water partition coefficient (Wildman–Crippen LogP) is 5.72. The number of hydrogen-bond acceptors (Lipinski definition) is 3. The Morgan fingerprint density at radius 3 is 2.19 bits per heavy atom. The Kier molecular flexibility index (Phi) is 5.59. The zero-order valence-corrected chi connectivity index (χ0v) is 15.2. The molecule has 1 N–H and O–H groups in total. The number of ether oxygens (including phenoxy) is 2. The van der Waals surface area contributed by atoms with Crippen LogP contribution in [0.3, 0.4) is 0 Å². The minimum Gasteiger partial charge on any atom is -0.508 e. The SMILES string of the molecule is CC(C)(Cc1ccc(O)cc1)OCc1cccc(Oc2ccccc2)c1. The van der Waals surface area contributed by atoms with Gasteiger partial charge in [-0.2, -0.15) is 0 Å². The zero-order valence-electron chi connectivity index (χ0n) is 15.2. The Morgan fingerprint density at radius 2 is 1.46 bits per heavy atom. The van der Waals surface area contributed by atoms with Crippen molar-refractivity contribution in [3.8, 4) is 17.2 Å². The fraction of sp³-hybridized carbons (Fsp3) is 0.217. The molecule has 0 bridgehead atoms. The molecule has 0 aliphatic heterocycles. The van der Waals surface area contributed by atoms with Gasteiger partial charge in [0.05, 0.1) is 12.2 Å². The number of benzene rings is 3.